The number of pyridine rings is 1. The first-order chi connectivity index (χ1) is 23.7. The molecule has 17 nitrogen and oxygen atoms in total. The van der Waals surface area contributed by atoms with Crippen LogP contribution < -0.4 is 20.6 Å². The van der Waals surface area contributed by atoms with Gasteiger partial charge in [-0.05, 0) is 36.2 Å². The number of aromatic carboxylic acids is 1. The van der Waals surface area contributed by atoms with Crippen LogP contribution in [0.5, 0.6) is 17.2 Å². The number of amides is 6. The number of anilines is 1. The van der Waals surface area contributed by atoms with Crippen molar-refractivity contribution in [1.82, 2.24) is 25.4 Å². The lowest BCUT2D eigenvalue weighted by Crippen LogP contribution is -2.60. The van der Waals surface area contributed by atoms with Crippen molar-refractivity contribution in [2.45, 2.75) is 18.4 Å². The quantitative estimate of drug-likeness (QED) is 0.0947. The molecule has 260 valence electrons. The van der Waals surface area contributed by atoms with Crippen LogP contribution in [0.1, 0.15) is 27.5 Å². The maximum absolute atomic E-state index is 14.6. The van der Waals surface area contributed by atoms with E-state index in [0.717, 1.165) is 17.0 Å². The van der Waals surface area contributed by atoms with E-state index in [4.69, 9.17) is 16.3 Å². The first-order valence-electron chi connectivity index (χ1n) is 14.4. The number of urea groups is 1. The van der Waals surface area contributed by atoms with E-state index in [1.807, 2.05) is 0 Å². The van der Waals surface area contributed by atoms with Crippen molar-refractivity contribution in [2.75, 3.05) is 25.0 Å². The Hall–Kier alpha value is -6.02. The molecule has 50 heavy (non-hydrogen) atoms. The van der Waals surface area contributed by atoms with Crippen molar-refractivity contribution in [1.29, 1.82) is 0 Å². The summed E-state index contributed by atoms with van der Waals surface area (Å²) in [6.07, 6.45) is 2.48. The molecule has 2 aromatic carbocycles. The van der Waals surface area contributed by atoms with E-state index in [9.17, 15) is 57.9 Å². The Balaban J connectivity index is 1.35. The molecule has 2 aliphatic rings. The largest absolute Gasteiger partial charge is 0.547 e. The number of nitrogens with one attached hydrogen (secondary N) is 3. The average Bonchev–Trinajstić information content (AvgIpc) is 3.07. The van der Waals surface area contributed by atoms with Crippen LogP contribution in [0.2, 0.25) is 5.02 Å². The van der Waals surface area contributed by atoms with Crippen LogP contribution in [-0.2, 0) is 25.6 Å². The fraction of sp³-hybridized carbons (Fsp3) is 0.207. The molecular weight excluding hydrogens is 693 g/mol. The summed E-state index contributed by atoms with van der Waals surface area (Å²) in [6.45, 7) is -1.34. The van der Waals surface area contributed by atoms with Crippen LogP contribution in [0.3, 0.4) is 0 Å². The summed E-state index contributed by atoms with van der Waals surface area (Å²) in [5.74, 6) is -13.3. The molecule has 0 bridgehead atoms. The van der Waals surface area contributed by atoms with Crippen LogP contribution in [0.4, 0.5) is 19.3 Å². The Morgan fingerprint density at radius 1 is 1.08 bits per heavy atom. The maximum atomic E-state index is 14.6. The van der Waals surface area contributed by atoms with Gasteiger partial charge in [0.2, 0.25) is 11.8 Å². The fourth-order valence-corrected chi connectivity index (χ4v) is 5.43. The molecule has 2 atom stereocenters. The second-order valence-electron chi connectivity index (χ2n) is 10.9. The second kappa shape index (κ2) is 14.2. The minimum Gasteiger partial charge on any atom is -0.534 e. The Labute approximate surface area is 284 Å². The number of hydrogen-bond donors (Lipinski definition) is 7. The normalized spacial score (nSPS) is 16.2. The number of piperazine rings is 1. The van der Waals surface area contributed by atoms with Gasteiger partial charge in [-0.2, -0.15) is 0 Å². The summed E-state index contributed by atoms with van der Waals surface area (Å²) in [4.78, 5) is 81.9. The molecule has 5 rings (SSSR count). The number of carbonyl (C=O) groups excluding carboxylic acids is 5. The highest BCUT2D eigenvalue weighted by Gasteiger charge is 2.42. The summed E-state index contributed by atoms with van der Waals surface area (Å²) in [7, 11) is -1.98. The molecule has 0 spiro atoms. The summed E-state index contributed by atoms with van der Waals surface area (Å²) < 4.78 is 33.9. The van der Waals surface area contributed by atoms with Crippen molar-refractivity contribution >= 4 is 60.0 Å². The lowest BCUT2D eigenvalue weighted by molar-refractivity contribution is -0.154. The third kappa shape index (κ3) is 7.05. The van der Waals surface area contributed by atoms with Gasteiger partial charge < -0.3 is 45.8 Å². The summed E-state index contributed by atoms with van der Waals surface area (Å²) in [5, 5.41) is 46.0. The molecule has 21 heteroatoms. The van der Waals surface area contributed by atoms with Gasteiger partial charge in [-0.25, -0.2) is 18.4 Å². The minimum atomic E-state index is -2.08. The zero-order valence-corrected chi connectivity index (χ0v) is 26.0. The molecule has 1 fully saturated rings. The van der Waals surface area contributed by atoms with Gasteiger partial charge in [-0.1, -0.05) is 17.7 Å². The number of phenols is 2. The smallest absolute Gasteiger partial charge is 0.534 e. The minimum absolute atomic E-state index is 0.0578. The number of carboxylic acids is 1. The fourth-order valence-electron chi connectivity index (χ4n) is 5.17. The molecule has 3 aromatic rings. The third-order valence-corrected chi connectivity index (χ3v) is 8.02. The number of benzene rings is 2. The van der Waals surface area contributed by atoms with E-state index < -0.39 is 113 Å². The average molecular weight is 717 g/mol. The van der Waals surface area contributed by atoms with E-state index in [1.165, 1.54) is 18.5 Å². The van der Waals surface area contributed by atoms with Gasteiger partial charge in [0.15, 0.2) is 17.3 Å². The Bertz CT molecular complexity index is 1920. The van der Waals surface area contributed by atoms with Gasteiger partial charge in [0.25, 0.3) is 0 Å². The SMILES string of the molecule is O=C(CN1CCN(C(=O)NC(C(=O)N[C@H]2Cc3ccc(F)c(C(=O)O)c3OB2O)c2cc(F)c(O)c(O)c2Cl)C(=O)C1=O)Nc1cccnc1. The molecule has 1 unspecified atom stereocenters. The monoisotopic (exact) mass is 716 g/mol. The lowest BCUT2D eigenvalue weighted by atomic mass is 9.72. The van der Waals surface area contributed by atoms with Gasteiger partial charge in [-0.15, -0.1) is 0 Å². The maximum Gasteiger partial charge on any atom is 0.547 e. The van der Waals surface area contributed by atoms with Crippen LogP contribution in [0.15, 0.2) is 42.7 Å². The Morgan fingerprint density at radius 2 is 1.82 bits per heavy atom. The van der Waals surface area contributed by atoms with Gasteiger partial charge in [0, 0.05) is 24.8 Å². The molecule has 1 aromatic heterocycles. The summed E-state index contributed by atoms with van der Waals surface area (Å²) in [6, 6.07) is 2.11. The van der Waals surface area contributed by atoms with Gasteiger partial charge >= 0.3 is 30.9 Å². The van der Waals surface area contributed by atoms with E-state index in [1.54, 1.807) is 6.07 Å². The first-order valence-corrected chi connectivity index (χ1v) is 14.8. The van der Waals surface area contributed by atoms with Crippen LogP contribution in [-0.4, -0.2) is 103 Å². The van der Waals surface area contributed by atoms with Gasteiger partial charge in [0.05, 0.1) is 22.8 Å². The molecule has 7 N–H and O–H groups in total. The number of rotatable bonds is 8. The zero-order chi connectivity index (χ0) is 36.4. The predicted molar refractivity (Wildman–Crippen MR) is 165 cm³/mol. The molecule has 0 radical (unpaired) electrons. The summed E-state index contributed by atoms with van der Waals surface area (Å²) >= 11 is 6.10. The summed E-state index contributed by atoms with van der Waals surface area (Å²) in [5.41, 5.74) is -1.13. The highest BCUT2D eigenvalue weighted by molar-refractivity contribution is 6.47. The van der Waals surface area contributed by atoms with Crippen molar-refractivity contribution < 1.29 is 62.5 Å². The van der Waals surface area contributed by atoms with Crippen LogP contribution >= 0.6 is 11.6 Å². The molecule has 6 amide bonds. The highest BCUT2D eigenvalue weighted by atomic mass is 35.5. The van der Waals surface area contributed by atoms with Gasteiger partial charge in [-0.3, -0.25) is 29.1 Å². The van der Waals surface area contributed by atoms with Crippen molar-refractivity contribution in [3.8, 4) is 17.2 Å². The topological polar surface area (TPSA) is 248 Å². The number of aromatic hydroxyl groups is 2. The number of hydrogen-bond acceptors (Lipinski definition) is 11. The van der Waals surface area contributed by atoms with E-state index in [0.29, 0.717) is 16.7 Å². The molecule has 0 aliphatic carbocycles. The number of carboxylic acid groups (broad SMARTS) is 1. The molecule has 3 heterocycles. The predicted octanol–water partition coefficient (Wildman–Crippen LogP) is 0.322. The number of carbonyl (C=O) groups is 6. The Morgan fingerprint density at radius 3 is 2.50 bits per heavy atom. The van der Waals surface area contributed by atoms with Crippen molar-refractivity contribution in [3.05, 3.63) is 76.1 Å². The number of imide groups is 1. The lowest BCUT2D eigenvalue weighted by Gasteiger charge is -2.33. The third-order valence-electron chi connectivity index (χ3n) is 7.62. The highest BCUT2D eigenvalue weighted by Crippen LogP contribution is 2.40. The molecular formula is C29H24BClF2N6O11. The number of nitrogens with zero attached hydrogens (tertiary/aromatic N) is 3. The van der Waals surface area contributed by atoms with E-state index in [2.05, 4.69) is 20.9 Å². The number of phenolic OH excluding ortho intramolecular Hbond substituents is 2. The molecule has 1 saturated heterocycles. The van der Waals surface area contributed by atoms with Crippen molar-refractivity contribution in [3.63, 3.8) is 0 Å². The van der Waals surface area contributed by atoms with Crippen LogP contribution in [0, 0.1) is 11.6 Å². The number of halogens is 3. The molecule has 2 aliphatic heterocycles. The van der Waals surface area contributed by atoms with E-state index in [-0.39, 0.29) is 18.5 Å². The van der Waals surface area contributed by atoms with Crippen molar-refractivity contribution in [2.24, 2.45) is 0 Å². The number of aromatic nitrogens is 1. The first kappa shape index (κ1) is 35.3. The van der Waals surface area contributed by atoms with Gasteiger partial charge in [0.1, 0.15) is 29.7 Å². The van der Waals surface area contributed by atoms with E-state index >= 15 is 0 Å². The molecule has 0 saturated carbocycles. The zero-order valence-electron chi connectivity index (χ0n) is 25.2. The van der Waals surface area contributed by atoms with Crippen LogP contribution in [0.25, 0.3) is 0 Å². The Kier molecular flexibility index (Phi) is 10.0. The number of fused-ring (bicyclic) bond motifs is 1. The standard InChI is InChI=1S/C29H24BClF2N6O11/c31-20-14(9-16(33)22(41)23(20)42)21(25(43)36-17-8-12-3-4-15(32)19(28(46)47)24(12)50-30(17)49)37-29(48)39-7-6-38(26(44)27(39)45)11-18(40)35-13-2-1-5-34-10-13/h1-5,9-10,17,21,41-42,49H,6-8,11H2,(H,35,40)(H,36,43)(H,37,48)(H,46,47)/t17-,21?/m0/s1. The second-order valence-corrected chi connectivity index (χ2v) is 11.2.